The zero-order valence-electron chi connectivity index (χ0n) is 7.53. The second-order valence-electron chi connectivity index (χ2n) is 3.34. The maximum Gasteiger partial charge on any atom is 0.282 e. The largest absolute Gasteiger partial charge is 0.354 e. The fraction of sp³-hybridized carbons (Fsp3) is 0.200. The molecule has 0 atom stereocenters. The van der Waals surface area contributed by atoms with Crippen LogP contribution < -0.4 is 10.9 Å². The molecule has 1 aliphatic heterocycles. The van der Waals surface area contributed by atoms with Crippen LogP contribution in [-0.2, 0) is 6.54 Å². The molecule has 1 N–H and O–H groups in total. The molecule has 0 amide bonds. The highest BCUT2D eigenvalue weighted by molar-refractivity contribution is 5.79. The number of para-hydroxylation sites is 1. The van der Waals surface area contributed by atoms with Crippen molar-refractivity contribution in [2.24, 2.45) is 0 Å². The van der Waals surface area contributed by atoms with E-state index < -0.39 is 0 Å². The van der Waals surface area contributed by atoms with Crippen LogP contribution in [0.4, 0.5) is 5.95 Å². The minimum absolute atomic E-state index is 0.152. The van der Waals surface area contributed by atoms with Crippen molar-refractivity contribution in [3.05, 3.63) is 34.6 Å². The number of rotatable bonds is 0. The smallest absolute Gasteiger partial charge is 0.282 e. The van der Waals surface area contributed by atoms with Crippen molar-refractivity contribution in [3.8, 4) is 0 Å². The van der Waals surface area contributed by atoms with Gasteiger partial charge in [-0.05, 0) is 12.1 Å². The van der Waals surface area contributed by atoms with Gasteiger partial charge in [0, 0.05) is 13.1 Å². The maximum absolute atomic E-state index is 11.6. The molecular formula is C10H9N3O. The van der Waals surface area contributed by atoms with Gasteiger partial charge in [-0.3, -0.25) is 4.79 Å². The van der Waals surface area contributed by atoms with Crippen molar-refractivity contribution in [2.75, 3.05) is 11.9 Å². The summed E-state index contributed by atoms with van der Waals surface area (Å²) in [6.07, 6.45) is 0. The van der Waals surface area contributed by atoms with E-state index in [1.165, 1.54) is 0 Å². The Morgan fingerprint density at radius 3 is 3.14 bits per heavy atom. The first-order valence-electron chi connectivity index (χ1n) is 4.60. The molecule has 4 nitrogen and oxygen atoms in total. The SMILES string of the molecule is O=c1nc2n(c3ccccc13)CCN2. The fourth-order valence-corrected chi connectivity index (χ4v) is 1.86. The van der Waals surface area contributed by atoms with Gasteiger partial charge in [-0.2, -0.15) is 4.98 Å². The standard InChI is InChI=1S/C10H9N3O/c14-9-7-3-1-2-4-8(7)13-6-5-11-10(13)12-9/h1-4H,5-6H2,(H,11,12,14). The van der Waals surface area contributed by atoms with Gasteiger partial charge in [0.2, 0.25) is 5.95 Å². The van der Waals surface area contributed by atoms with Crippen LogP contribution >= 0.6 is 0 Å². The van der Waals surface area contributed by atoms with Crippen molar-refractivity contribution in [2.45, 2.75) is 6.54 Å². The van der Waals surface area contributed by atoms with Crippen molar-refractivity contribution in [1.82, 2.24) is 9.55 Å². The van der Waals surface area contributed by atoms with Crippen LogP contribution in [0.1, 0.15) is 0 Å². The highest BCUT2D eigenvalue weighted by atomic mass is 16.1. The van der Waals surface area contributed by atoms with E-state index in [1.807, 2.05) is 28.8 Å². The van der Waals surface area contributed by atoms with Gasteiger partial charge >= 0.3 is 0 Å². The zero-order valence-corrected chi connectivity index (χ0v) is 7.53. The van der Waals surface area contributed by atoms with E-state index in [4.69, 9.17) is 0 Å². The molecule has 0 saturated heterocycles. The Labute approximate surface area is 80.2 Å². The van der Waals surface area contributed by atoms with Crippen LogP contribution in [0.5, 0.6) is 0 Å². The summed E-state index contributed by atoms with van der Waals surface area (Å²) in [5, 5.41) is 3.78. The van der Waals surface area contributed by atoms with Gasteiger partial charge in [-0.1, -0.05) is 12.1 Å². The van der Waals surface area contributed by atoms with Crippen LogP contribution in [0.3, 0.4) is 0 Å². The van der Waals surface area contributed by atoms with E-state index in [0.29, 0.717) is 11.3 Å². The zero-order chi connectivity index (χ0) is 9.54. The third-order valence-electron chi connectivity index (χ3n) is 2.51. The second-order valence-corrected chi connectivity index (χ2v) is 3.34. The molecule has 3 rings (SSSR count). The molecule has 1 aromatic carbocycles. The lowest BCUT2D eigenvalue weighted by molar-refractivity contribution is 0.823. The van der Waals surface area contributed by atoms with Crippen LogP contribution in [0.2, 0.25) is 0 Å². The van der Waals surface area contributed by atoms with Crippen molar-refractivity contribution >= 4 is 16.9 Å². The van der Waals surface area contributed by atoms with Gasteiger partial charge in [0.25, 0.3) is 5.56 Å². The summed E-state index contributed by atoms with van der Waals surface area (Å²) in [6, 6.07) is 7.57. The Bertz CT molecular complexity index is 559. The van der Waals surface area contributed by atoms with Gasteiger partial charge in [0.05, 0.1) is 10.9 Å². The monoisotopic (exact) mass is 187 g/mol. The summed E-state index contributed by atoms with van der Waals surface area (Å²) >= 11 is 0. The Hall–Kier alpha value is -1.84. The molecule has 1 aliphatic rings. The Balaban J connectivity index is 2.53. The lowest BCUT2D eigenvalue weighted by atomic mass is 10.2. The van der Waals surface area contributed by atoms with Crippen LogP contribution in [0.25, 0.3) is 10.9 Å². The quantitative estimate of drug-likeness (QED) is 0.664. The average molecular weight is 187 g/mol. The predicted molar refractivity (Wildman–Crippen MR) is 54.5 cm³/mol. The third-order valence-corrected chi connectivity index (χ3v) is 2.51. The van der Waals surface area contributed by atoms with Crippen LogP contribution in [0.15, 0.2) is 29.1 Å². The van der Waals surface area contributed by atoms with Crippen molar-refractivity contribution in [1.29, 1.82) is 0 Å². The first-order valence-corrected chi connectivity index (χ1v) is 4.60. The fourth-order valence-electron chi connectivity index (χ4n) is 1.86. The normalized spacial score (nSPS) is 14.0. The predicted octanol–water partition coefficient (Wildman–Crippen LogP) is 0.822. The minimum atomic E-state index is -0.152. The Kier molecular flexibility index (Phi) is 1.39. The van der Waals surface area contributed by atoms with Gasteiger partial charge in [0.15, 0.2) is 0 Å². The van der Waals surface area contributed by atoms with E-state index in [0.717, 1.165) is 18.6 Å². The summed E-state index contributed by atoms with van der Waals surface area (Å²) in [5.74, 6) is 0.689. The van der Waals surface area contributed by atoms with Gasteiger partial charge in [-0.15, -0.1) is 0 Å². The maximum atomic E-state index is 11.6. The average Bonchev–Trinajstić information content (AvgIpc) is 2.66. The molecule has 70 valence electrons. The van der Waals surface area contributed by atoms with Crippen LogP contribution in [-0.4, -0.2) is 16.1 Å². The molecule has 1 aromatic heterocycles. The molecular weight excluding hydrogens is 178 g/mol. The number of hydrogen-bond acceptors (Lipinski definition) is 3. The Morgan fingerprint density at radius 1 is 1.36 bits per heavy atom. The number of nitrogens with one attached hydrogen (secondary N) is 1. The minimum Gasteiger partial charge on any atom is -0.354 e. The number of benzene rings is 1. The van der Waals surface area contributed by atoms with E-state index in [1.54, 1.807) is 0 Å². The number of anilines is 1. The summed E-state index contributed by atoms with van der Waals surface area (Å²) in [4.78, 5) is 15.6. The molecule has 0 spiro atoms. The molecule has 0 aliphatic carbocycles. The lowest BCUT2D eigenvalue weighted by Gasteiger charge is -2.05. The first-order chi connectivity index (χ1) is 6.86. The number of fused-ring (bicyclic) bond motifs is 3. The molecule has 0 fully saturated rings. The summed E-state index contributed by atoms with van der Waals surface area (Å²) in [7, 11) is 0. The van der Waals surface area contributed by atoms with Crippen LogP contribution in [0, 0.1) is 0 Å². The molecule has 0 radical (unpaired) electrons. The van der Waals surface area contributed by atoms with Crippen molar-refractivity contribution in [3.63, 3.8) is 0 Å². The van der Waals surface area contributed by atoms with Gasteiger partial charge < -0.3 is 9.88 Å². The number of nitrogens with zero attached hydrogens (tertiary/aromatic N) is 2. The second kappa shape index (κ2) is 2.57. The molecule has 2 aromatic rings. The molecule has 2 heterocycles. The van der Waals surface area contributed by atoms with Gasteiger partial charge in [0.1, 0.15) is 0 Å². The first kappa shape index (κ1) is 7.55. The summed E-state index contributed by atoms with van der Waals surface area (Å²) in [5.41, 5.74) is 0.814. The van der Waals surface area contributed by atoms with Gasteiger partial charge in [-0.25, -0.2) is 0 Å². The summed E-state index contributed by atoms with van der Waals surface area (Å²) < 4.78 is 2.04. The lowest BCUT2D eigenvalue weighted by Crippen LogP contribution is -2.12. The molecule has 0 unspecified atom stereocenters. The van der Waals surface area contributed by atoms with E-state index >= 15 is 0 Å². The summed E-state index contributed by atoms with van der Waals surface area (Å²) in [6.45, 7) is 1.73. The number of hydrogen-bond donors (Lipinski definition) is 1. The highest BCUT2D eigenvalue weighted by Gasteiger charge is 2.13. The Morgan fingerprint density at radius 2 is 2.21 bits per heavy atom. The van der Waals surface area contributed by atoms with E-state index in [-0.39, 0.29) is 5.56 Å². The van der Waals surface area contributed by atoms with Crippen molar-refractivity contribution < 1.29 is 0 Å². The molecule has 4 heteroatoms. The highest BCUT2D eigenvalue weighted by Crippen LogP contribution is 2.17. The number of aromatic nitrogens is 2. The third kappa shape index (κ3) is 0.878. The van der Waals surface area contributed by atoms with E-state index in [2.05, 4.69) is 10.3 Å². The molecule has 0 saturated carbocycles. The molecule has 0 bridgehead atoms. The van der Waals surface area contributed by atoms with E-state index in [9.17, 15) is 4.79 Å². The molecule has 14 heavy (non-hydrogen) atoms. The topological polar surface area (TPSA) is 46.9 Å².